The van der Waals surface area contributed by atoms with Gasteiger partial charge in [0.1, 0.15) is 5.75 Å². The van der Waals surface area contributed by atoms with Crippen LogP contribution < -0.4 is 4.43 Å². The summed E-state index contributed by atoms with van der Waals surface area (Å²) in [5.41, 5.74) is 0. The lowest BCUT2D eigenvalue weighted by atomic mass is 10.0. The normalized spacial score (nSPS) is 11.7. The van der Waals surface area contributed by atoms with Crippen LogP contribution in [0.1, 0.15) is 103 Å². The largest absolute Gasteiger partial charge is 0.520 e. The Bertz CT molecular complexity index is 507. The van der Waals surface area contributed by atoms with Crippen molar-refractivity contribution in [2.45, 2.75) is 116 Å². The Hall–Kier alpha value is -0.513. The van der Waals surface area contributed by atoms with E-state index in [9.17, 15) is 0 Å². The van der Waals surface area contributed by atoms with Crippen molar-refractivity contribution in [2.24, 2.45) is 0 Å². The quantitative estimate of drug-likeness (QED) is 0.157. The maximum absolute atomic E-state index is 6.06. The Kier molecular flexibility index (Phi) is 15.7. The van der Waals surface area contributed by atoms with Gasteiger partial charge in [0.25, 0.3) is 0 Å². The van der Waals surface area contributed by atoms with Gasteiger partial charge in [-0.25, -0.2) is 0 Å². The summed E-state index contributed by atoms with van der Waals surface area (Å²) in [5, 5.41) is 0.703. The van der Waals surface area contributed by atoms with Crippen LogP contribution >= 0.6 is 11.6 Å². The molecule has 2 nitrogen and oxygen atoms in total. The fourth-order valence-corrected chi connectivity index (χ4v) is 5.20. The van der Waals surface area contributed by atoms with Crippen LogP contribution in [0.5, 0.6) is 5.75 Å². The van der Waals surface area contributed by atoms with Crippen LogP contribution in [0, 0.1) is 0 Å². The minimum atomic E-state index is -2.13. The van der Waals surface area contributed by atoms with Crippen LogP contribution in [0.4, 0.5) is 0 Å². The SMILES string of the molecule is CCCCCCCCCCCCCCCCCO[Si](C)(C)Oc1cccc(Cl)c1. The van der Waals surface area contributed by atoms with Crippen LogP contribution in [0.2, 0.25) is 18.1 Å². The molecule has 0 aliphatic rings. The third-order valence-corrected chi connectivity index (χ3v) is 7.22. The highest BCUT2D eigenvalue weighted by molar-refractivity contribution is 6.65. The van der Waals surface area contributed by atoms with E-state index in [4.69, 9.17) is 20.5 Å². The van der Waals surface area contributed by atoms with Gasteiger partial charge >= 0.3 is 8.56 Å². The lowest BCUT2D eigenvalue weighted by Gasteiger charge is -2.24. The molecule has 0 saturated heterocycles. The molecule has 168 valence electrons. The van der Waals surface area contributed by atoms with Gasteiger partial charge in [0.2, 0.25) is 0 Å². The molecule has 0 aliphatic carbocycles. The fourth-order valence-electron chi connectivity index (χ4n) is 3.64. The molecule has 0 unspecified atom stereocenters. The molecule has 0 bridgehead atoms. The highest BCUT2D eigenvalue weighted by Crippen LogP contribution is 2.21. The van der Waals surface area contributed by atoms with Crippen molar-refractivity contribution in [1.82, 2.24) is 0 Å². The van der Waals surface area contributed by atoms with Crippen LogP contribution in [-0.2, 0) is 4.43 Å². The fraction of sp³-hybridized carbons (Fsp3) is 0.760. The summed E-state index contributed by atoms with van der Waals surface area (Å²) in [6.07, 6.45) is 20.8. The third-order valence-electron chi connectivity index (χ3n) is 5.36. The average Bonchev–Trinajstić information content (AvgIpc) is 2.67. The summed E-state index contributed by atoms with van der Waals surface area (Å²) in [6, 6.07) is 7.57. The maximum atomic E-state index is 6.06. The predicted molar refractivity (Wildman–Crippen MR) is 130 cm³/mol. The van der Waals surface area contributed by atoms with Gasteiger partial charge in [0.15, 0.2) is 0 Å². The molecule has 0 atom stereocenters. The number of hydrogen-bond donors (Lipinski definition) is 0. The van der Waals surface area contributed by atoms with Gasteiger partial charge in [-0.3, -0.25) is 0 Å². The van der Waals surface area contributed by atoms with E-state index in [1.54, 1.807) is 0 Å². The van der Waals surface area contributed by atoms with E-state index < -0.39 is 8.56 Å². The van der Waals surface area contributed by atoms with Gasteiger partial charge < -0.3 is 8.85 Å². The van der Waals surface area contributed by atoms with Crippen LogP contribution in [0.15, 0.2) is 24.3 Å². The van der Waals surface area contributed by atoms with Gasteiger partial charge in [0, 0.05) is 11.6 Å². The van der Waals surface area contributed by atoms with E-state index in [-0.39, 0.29) is 0 Å². The van der Waals surface area contributed by atoms with E-state index in [0.717, 1.165) is 18.8 Å². The van der Waals surface area contributed by atoms with Crippen LogP contribution in [0.25, 0.3) is 0 Å². The molecule has 29 heavy (non-hydrogen) atoms. The minimum Gasteiger partial charge on any atom is -0.520 e. The van der Waals surface area contributed by atoms with Crippen molar-refractivity contribution in [2.75, 3.05) is 6.61 Å². The van der Waals surface area contributed by atoms with Crippen LogP contribution in [0.3, 0.4) is 0 Å². The smallest absolute Gasteiger partial charge is 0.392 e. The molecule has 0 fully saturated rings. The second kappa shape index (κ2) is 17.2. The Morgan fingerprint density at radius 3 is 1.69 bits per heavy atom. The summed E-state index contributed by atoms with van der Waals surface area (Å²) in [4.78, 5) is 0. The number of benzene rings is 1. The number of rotatable bonds is 19. The first-order chi connectivity index (χ1) is 14.0. The van der Waals surface area contributed by atoms with Crippen molar-refractivity contribution in [1.29, 1.82) is 0 Å². The predicted octanol–water partition coefficient (Wildman–Crippen LogP) is 9.31. The molecule has 0 N–H and O–H groups in total. The first-order valence-corrected chi connectivity index (χ1v) is 15.3. The molecule has 1 aromatic carbocycles. The lowest BCUT2D eigenvalue weighted by molar-refractivity contribution is 0.240. The van der Waals surface area contributed by atoms with Crippen molar-refractivity contribution in [3.05, 3.63) is 29.3 Å². The summed E-state index contributed by atoms with van der Waals surface area (Å²) < 4.78 is 12.1. The number of halogens is 1. The topological polar surface area (TPSA) is 18.5 Å². The summed E-state index contributed by atoms with van der Waals surface area (Å²) in [7, 11) is -2.13. The van der Waals surface area contributed by atoms with Crippen molar-refractivity contribution >= 4 is 20.2 Å². The van der Waals surface area contributed by atoms with Crippen molar-refractivity contribution < 1.29 is 8.85 Å². The van der Waals surface area contributed by atoms with Crippen molar-refractivity contribution in [3.63, 3.8) is 0 Å². The second-order valence-electron chi connectivity index (χ2n) is 8.76. The minimum absolute atomic E-state index is 0.703. The zero-order valence-corrected chi connectivity index (χ0v) is 21.1. The summed E-state index contributed by atoms with van der Waals surface area (Å²) in [5.74, 6) is 0.811. The van der Waals surface area contributed by atoms with E-state index >= 15 is 0 Å². The Labute approximate surface area is 187 Å². The molecule has 0 heterocycles. The second-order valence-corrected chi connectivity index (χ2v) is 12.5. The molecule has 1 aromatic rings. The van der Waals surface area contributed by atoms with Gasteiger partial charge in [-0.1, -0.05) is 114 Å². The van der Waals surface area contributed by atoms with Gasteiger partial charge in [-0.15, -0.1) is 0 Å². The Balaban J connectivity index is 1.87. The standard InChI is InChI=1S/C25H45ClO2Si/c1-4-5-6-7-8-9-10-11-12-13-14-15-16-17-18-22-27-29(2,3)28-25-21-19-20-24(26)23-25/h19-21,23H,4-18,22H2,1-3H3. The maximum Gasteiger partial charge on any atom is 0.392 e. The van der Waals surface area contributed by atoms with E-state index in [2.05, 4.69) is 20.0 Å². The molecular weight excluding hydrogens is 396 g/mol. The molecule has 0 saturated carbocycles. The number of hydrogen-bond acceptors (Lipinski definition) is 2. The molecule has 0 aliphatic heterocycles. The molecule has 1 rings (SSSR count). The molecule has 4 heteroatoms. The molecule has 0 spiro atoms. The lowest BCUT2D eigenvalue weighted by Crippen LogP contribution is -2.38. The summed E-state index contributed by atoms with van der Waals surface area (Å²) in [6.45, 7) is 7.28. The number of unbranched alkanes of at least 4 members (excludes halogenated alkanes) is 14. The van der Waals surface area contributed by atoms with Gasteiger partial charge in [-0.2, -0.15) is 0 Å². The van der Waals surface area contributed by atoms with E-state index in [0.29, 0.717) is 5.02 Å². The first-order valence-electron chi connectivity index (χ1n) is 12.1. The molecule has 0 amide bonds. The van der Waals surface area contributed by atoms with E-state index in [1.165, 1.54) is 89.9 Å². The highest BCUT2D eigenvalue weighted by Gasteiger charge is 2.26. The third kappa shape index (κ3) is 15.9. The summed E-state index contributed by atoms with van der Waals surface area (Å²) >= 11 is 6.02. The Morgan fingerprint density at radius 1 is 0.724 bits per heavy atom. The Morgan fingerprint density at radius 2 is 1.21 bits per heavy atom. The molecular formula is C25H45ClO2Si. The van der Waals surface area contributed by atoms with Gasteiger partial charge in [-0.05, 0) is 37.7 Å². The van der Waals surface area contributed by atoms with Crippen molar-refractivity contribution in [3.8, 4) is 5.75 Å². The van der Waals surface area contributed by atoms with Gasteiger partial charge in [0.05, 0.1) is 0 Å². The molecule has 0 aromatic heterocycles. The zero-order valence-electron chi connectivity index (χ0n) is 19.3. The monoisotopic (exact) mass is 440 g/mol. The first kappa shape index (κ1) is 26.5. The highest BCUT2D eigenvalue weighted by atomic mass is 35.5. The molecule has 0 radical (unpaired) electrons. The van der Waals surface area contributed by atoms with E-state index in [1.807, 2.05) is 24.3 Å². The van der Waals surface area contributed by atoms with Crippen LogP contribution in [-0.4, -0.2) is 15.2 Å². The average molecular weight is 441 g/mol. The zero-order chi connectivity index (χ0) is 21.2.